The molecule has 0 saturated carbocycles. The topological polar surface area (TPSA) is 75.2 Å². The average Bonchev–Trinajstić information content (AvgIpc) is 2.28. The van der Waals surface area contributed by atoms with Crippen molar-refractivity contribution >= 4 is 16.0 Å². The van der Waals surface area contributed by atoms with Crippen molar-refractivity contribution in [2.45, 2.75) is 13.3 Å². The van der Waals surface area contributed by atoms with Crippen LogP contribution in [0, 0.1) is 0 Å². The van der Waals surface area contributed by atoms with E-state index in [1.54, 1.807) is 18.5 Å². The largest absolute Gasteiger partial charge is 0.354 e. The average molecular weight is 258 g/mol. The molecule has 0 saturated heterocycles. The van der Waals surface area contributed by atoms with Gasteiger partial charge in [0.25, 0.3) is 0 Å². The summed E-state index contributed by atoms with van der Waals surface area (Å²) < 4.78 is 24.1. The Labute approximate surface area is 102 Å². The summed E-state index contributed by atoms with van der Waals surface area (Å²) in [5.41, 5.74) is 0. The second-order valence-corrected chi connectivity index (χ2v) is 5.59. The first-order valence-electron chi connectivity index (χ1n) is 5.50. The summed E-state index contributed by atoms with van der Waals surface area (Å²) in [7, 11) is -3.09. The van der Waals surface area contributed by atoms with Gasteiger partial charge in [0.15, 0.2) is 0 Å². The minimum absolute atomic E-state index is 0.501. The molecule has 0 radical (unpaired) electrons. The van der Waals surface area contributed by atoms with E-state index in [-0.39, 0.29) is 0 Å². The van der Waals surface area contributed by atoms with Crippen LogP contribution in [-0.4, -0.2) is 48.6 Å². The van der Waals surface area contributed by atoms with Gasteiger partial charge in [-0.1, -0.05) is 6.92 Å². The first-order chi connectivity index (χ1) is 8.04. The number of hydrogen-bond acceptors (Lipinski definition) is 5. The lowest BCUT2D eigenvalue weighted by molar-refractivity contribution is 0.428. The maximum Gasteiger partial charge on any atom is 0.222 e. The standard InChI is InChI=1S/C10H18N4O2S/c1-3-14(17(2,15)16)9-5-8-13-10-11-6-4-7-12-10/h4,6-7H,3,5,8-9H2,1-2H3,(H,11,12,13). The minimum atomic E-state index is -3.09. The molecule has 1 N–H and O–H groups in total. The van der Waals surface area contributed by atoms with Gasteiger partial charge in [-0.05, 0) is 12.5 Å². The Morgan fingerprint density at radius 3 is 2.53 bits per heavy atom. The van der Waals surface area contributed by atoms with E-state index in [4.69, 9.17) is 0 Å². The van der Waals surface area contributed by atoms with Crippen LogP contribution in [0.2, 0.25) is 0 Å². The molecule has 0 bridgehead atoms. The van der Waals surface area contributed by atoms with Gasteiger partial charge in [0.1, 0.15) is 0 Å². The normalized spacial score (nSPS) is 11.7. The predicted molar refractivity (Wildman–Crippen MR) is 67.2 cm³/mol. The van der Waals surface area contributed by atoms with Crippen LogP contribution < -0.4 is 5.32 Å². The third-order valence-electron chi connectivity index (χ3n) is 2.25. The molecule has 1 heterocycles. The van der Waals surface area contributed by atoms with Crippen molar-refractivity contribution in [3.8, 4) is 0 Å². The van der Waals surface area contributed by atoms with E-state index >= 15 is 0 Å². The van der Waals surface area contributed by atoms with Crippen LogP contribution in [0.3, 0.4) is 0 Å². The molecule has 1 aromatic rings. The number of anilines is 1. The van der Waals surface area contributed by atoms with Gasteiger partial charge in [0.05, 0.1) is 6.26 Å². The molecule has 0 fully saturated rings. The molecule has 1 aromatic heterocycles. The fourth-order valence-corrected chi connectivity index (χ4v) is 2.33. The molecule has 0 unspecified atom stereocenters. The molecular weight excluding hydrogens is 240 g/mol. The van der Waals surface area contributed by atoms with Crippen LogP contribution in [0.1, 0.15) is 13.3 Å². The van der Waals surface area contributed by atoms with Crippen LogP contribution in [0.25, 0.3) is 0 Å². The summed E-state index contributed by atoms with van der Waals surface area (Å²) in [5.74, 6) is 0.565. The third-order valence-corrected chi connectivity index (χ3v) is 3.63. The van der Waals surface area contributed by atoms with E-state index in [1.165, 1.54) is 10.6 Å². The number of rotatable bonds is 7. The smallest absolute Gasteiger partial charge is 0.222 e. The van der Waals surface area contributed by atoms with E-state index in [1.807, 2.05) is 6.92 Å². The van der Waals surface area contributed by atoms with Crippen molar-refractivity contribution in [2.24, 2.45) is 0 Å². The van der Waals surface area contributed by atoms with Gasteiger partial charge in [-0.25, -0.2) is 22.7 Å². The zero-order chi connectivity index (χ0) is 12.7. The maximum absolute atomic E-state index is 11.3. The number of aromatic nitrogens is 2. The highest BCUT2D eigenvalue weighted by atomic mass is 32.2. The Bertz CT molecular complexity index is 421. The van der Waals surface area contributed by atoms with Crippen LogP contribution >= 0.6 is 0 Å². The molecular formula is C10H18N4O2S. The van der Waals surface area contributed by atoms with Crippen LogP contribution in [0.5, 0.6) is 0 Å². The molecule has 7 heteroatoms. The fraction of sp³-hybridized carbons (Fsp3) is 0.600. The van der Waals surface area contributed by atoms with E-state index in [0.717, 1.165) is 6.42 Å². The highest BCUT2D eigenvalue weighted by molar-refractivity contribution is 7.88. The highest BCUT2D eigenvalue weighted by Crippen LogP contribution is 2.00. The zero-order valence-corrected chi connectivity index (χ0v) is 10.9. The molecule has 0 aromatic carbocycles. The lowest BCUT2D eigenvalue weighted by Gasteiger charge is -2.17. The van der Waals surface area contributed by atoms with Crippen molar-refractivity contribution in [1.29, 1.82) is 0 Å². The van der Waals surface area contributed by atoms with Crippen molar-refractivity contribution in [3.05, 3.63) is 18.5 Å². The molecule has 0 spiro atoms. The molecule has 96 valence electrons. The van der Waals surface area contributed by atoms with Gasteiger partial charge in [-0.3, -0.25) is 0 Å². The molecule has 0 aliphatic rings. The number of nitrogens with one attached hydrogen (secondary N) is 1. The van der Waals surface area contributed by atoms with Gasteiger partial charge in [0.2, 0.25) is 16.0 Å². The molecule has 0 aliphatic heterocycles. The van der Waals surface area contributed by atoms with Gasteiger partial charge in [-0.15, -0.1) is 0 Å². The molecule has 6 nitrogen and oxygen atoms in total. The Morgan fingerprint density at radius 1 is 1.35 bits per heavy atom. The third kappa shape index (κ3) is 5.10. The van der Waals surface area contributed by atoms with Crippen molar-refractivity contribution in [3.63, 3.8) is 0 Å². The maximum atomic E-state index is 11.3. The van der Waals surface area contributed by atoms with Crippen molar-refractivity contribution < 1.29 is 8.42 Å². The Morgan fingerprint density at radius 2 is 2.00 bits per heavy atom. The monoisotopic (exact) mass is 258 g/mol. The molecule has 17 heavy (non-hydrogen) atoms. The Kier molecular flexibility index (Phi) is 5.30. The number of sulfonamides is 1. The quantitative estimate of drug-likeness (QED) is 0.723. The molecule has 0 aliphatic carbocycles. The summed E-state index contributed by atoms with van der Waals surface area (Å²) in [6.45, 7) is 3.49. The molecule has 0 amide bonds. The lowest BCUT2D eigenvalue weighted by atomic mass is 10.4. The summed E-state index contributed by atoms with van der Waals surface area (Å²) in [5, 5.41) is 3.03. The van der Waals surface area contributed by atoms with E-state index < -0.39 is 10.0 Å². The van der Waals surface area contributed by atoms with Crippen molar-refractivity contribution in [2.75, 3.05) is 31.2 Å². The fourth-order valence-electron chi connectivity index (χ4n) is 1.40. The number of hydrogen-bond donors (Lipinski definition) is 1. The van der Waals surface area contributed by atoms with Crippen molar-refractivity contribution in [1.82, 2.24) is 14.3 Å². The summed E-state index contributed by atoms with van der Waals surface area (Å²) in [6.07, 6.45) is 5.26. The van der Waals surface area contributed by atoms with Crippen LogP contribution in [0.15, 0.2) is 18.5 Å². The van der Waals surface area contributed by atoms with E-state index in [2.05, 4.69) is 15.3 Å². The summed E-state index contributed by atoms with van der Waals surface area (Å²) >= 11 is 0. The summed E-state index contributed by atoms with van der Waals surface area (Å²) in [6, 6.07) is 1.74. The second-order valence-electron chi connectivity index (χ2n) is 3.61. The lowest BCUT2D eigenvalue weighted by Crippen LogP contribution is -2.31. The van der Waals surface area contributed by atoms with Gasteiger partial charge >= 0.3 is 0 Å². The predicted octanol–water partition coefficient (Wildman–Crippen LogP) is 0.560. The van der Waals surface area contributed by atoms with E-state index in [0.29, 0.717) is 25.6 Å². The van der Waals surface area contributed by atoms with Gasteiger partial charge in [-0.2, -0.15) is 0 Å². The number of nitrogens with zero attached hydrogens (tertiary/aromatic N) is 3. The zero-order valence-electron chi connectivity index (χ0n) is 10.1. The summed E-state index contributed by atoms with van der Waals surface area (Å²) in [4.78, 5) is 8.02. The van der Waals surface area contributed by atoms with Crippen LogP contribution in [-0.2, 0) is 10.0 Å². The Hall–Kier alpha value is -1.21. The van der Waals surface area contributed by atoms with Gasteiger partial charge < -0.3 is 5.32 Å². The Balaban J connectivity index is 2.29. The second kappa shape index (κ2) is 6.51. The first kappa shape index (κ1) is 13.9. The van der Waals surface area contributed by atoms with Crippen LogP contribution in [0.4, 0.5) is 5.95 Å². The first-order valence-corrected chi connectivity index (χ1v) is 7.35. The van der Waals surface area contributed by atoms with Gasteiger partial charge in [0, 0.05) is 32.0 Å². The molecule has 0 atom stereocenters. The SMILES string of the molecule is CCN(CCCNc1ncccn1)S(C)(=O)=O. The highest BCUT2D eigenvalue weighted by Gasteiger charge is 2.12. The minimum Gasteiger partial charge on any atom is -0.354 e. The van der Waals surface area contributed by atoms with E-state index in [9.17, 15) is 8.42 Å². The molecule has 1 rings (SSSR count).